The molecule has 0 aromatic heterocycles. The van der Waals surface area contributed by atoms with Gasteiger partial charge >= 0.3 is 0 Å². The van der Waals surface area contributed by atoms with Crippen molar-refractivity contribution >= 4 is 6.21 Å². The van der Waals surface area contributed by atoms with Crippen LogP contribution in [0.25, 0.3) is 0 Å². The van der Waals surface area contributed by atoms with Crippen LogP contribution in [0.2, 0.25) is 0 Å². The van der Waals surface area contributed by atoms with Crippen LogP contribution in [0.1, 0.15) is 32.1 Å². The lowest BCUT2D eigenvalue weighted by molar-refractivity contribution is 0.215. The van der Waals surface area contributed by atoms with Crippen LogP contribution < -0.4 is 0 Å². The van der Waals surface area contributed by atoms with Gasteiger partial charge in [-0.3, -0.25) is 0 Å². The van der Waals surface area contributed by atoms with Crippen molar-refractivity contribution in [3.63, 3.8) is 0 Å². The summed E-state index contributed by atoms with van der Waals surface area (Å²) in [4.78, 5) is 4.48. The first kappa shape index (κ1) is 11.0. The van der Waals surface area contributed by atoms with Crippen molar-refractivity contribution in [2.45, 2.75) is 32.1 Å². The minimum absolute atomic E-state index is 0.679. The van der Waals surface area contributed by atoms with Crippen LogP contribution in [0.3, 0.4) is 0 Å². The Bertz CT molecular complexity index is 164. The van der Waals surface area contributed by atoms with Crippen LogP contribution in [0, 0.1) is 18.8 Å². The van der Waals surface area contributed by atoms with Gasteiger partial charge in [-0.05, 0) is 6.42 Å². The van der Waals surface area contributed by atoms with Gasteiger partial charge in [-0.1, -0.05) is 30.8 Å². The average Bonchev–Trinajstić information content (AvgIpc) is 2.10. The highest BCUT2D eigenvalue weighted by atomic mass is 16.6. The Morgan fingerprint density at radius 1 is 1.42 bits per heavy atom. The maximum Gasteiger partial charge on any atom is 0.106 e. The molecule has 2 nitrogen and oxygen atoms in total. The SMILES string of the molecule is [CH2]CCCCC#CC/C=N/OC. The lowest BCUT2D eigenvalue weighted by Crippen LogP contribution is -1.74. The van der Waals surface area contributed by atoms with E-state index in [2.05, 4.69) is 28.8 Å². The summed E-state index contributed by atoms with van der Waals surface area (Å²) < 4.78 is 0. The van der Waals surface area contributed by atoms with Gasteiger partial charge in [0.2, 0.25) is 0 Å². The minimum atomic E-state index is 0.679. The van der Waals surface area contributed by atoms with Gasteiger partial charge in [0, 0.05) is 12.8 Å². The molecule has 0 fully saturated rings. The van der Waals surface area contributed by atoms with Crippen LogP contribution in [0.4, 0.5) is 0 Å². The average molecular weight is 166 g/mol. The van der Waals surface area contributed by atoms with E-state index in [4.69, 9.17) is 0 Å². The molecule has 0 aliphatic heterocycles. The normalized spacial score (nSPS) is 9.50. The third-order valence-electron chi connectivity index (χ3n) is 1.30. The number of unbranched alkanes of at least 4 members (excludes halogenated alkanes) is 3. The van der Waals surface area contributed by atoms with Crippen LogP contribution in [-0.4, -0.2) is 13.3 Å². The predicted molar refractivity (Wildman–Crippen MR) is 51.7 cm³/mol. The van der Waals surface area contributed by atoms with Crippen molar-refractivity contribution in [3.8, 4) is 11.8 Å². The van der Waals surface area contributed by atoms with Gasteiger partial charge in [-0.2, -0.15) is 0 Å². The largest absolute Gasteiger partial charge is 0.399 e. The van der Waals surface area contributed by atoms with Crippen molar-refractivity contribution < 1.29 is 4.84 Å². The number of rotatable bonds is 5. The van der Waals surface area contributed by atoms with E-state index in [1.807, 2.05) is 0 Å². The highest BCUT2D eigenvalue weighted by molar-refractivity contribution is 5.60. The van der Waals surface area contributed by atoms with Crippen LogP contribution >= 0.6 is 0 Å². The van der Waals surface area contributed by atoms with Gasteiger partial charge in [0.15, 0.2) is 0 Å². The predicted octanol–water partition coefficient (Wildman–Crippen LogP) is 2.41. The molecule has 0 spiro atoms. The molecule has 0 saturated carbocycles. The molecule has 0 amide bonds. The van der Waals surface area contributed by atoms with Gasteiger partial charge in [-0.15, -0.1) is 5.92 Å². The van der Waals surface area contributed by atoms with Crippen molar-refractivity contribution in [2.24, 2.45) is 5.16 Å². The summed E-state index contributed by atoms with van der Waals surface area (Å²) in [5.41, 5.74) is 0. The summed E-state index contributed by atoms with van der Waals surface area (Å²) in [5, 5.41) is 3.57. The highest BCUT2D eigenvalue weighted by Crippen LogP contribution is 1.96. The number of hydrogen-bond donors (Lipinski definition) is 0. The molecule has 1 radical (unpaired) electrons. The zero-order valence-electron chi connectivity index (χ0n) is 7.68. The van der Waals surface area contributed by atoms with Crippen LogP contribution in [-0.2, 0) is 4.84 Å². The van der Waals surface area contributed by atoms with Crippen molar-refractivity contribution in [2.75, 3.05) is 7.11 Å². The van der Waals surface area contributed by atoms with Crippen molar-refractivity contribution in [3.05, 3.63) is 6.92 Å². The molecule has 2 heteroatoms. The summed E-state index contributed by atoms with van der Waals surface area (Å²) in [6.07, 6.45) is 6.63. The molecule has 0 saturated heterocycles. The monoisotopic (exact) mass is 166 g/mol. The summed E-state index contributed by atoms with van der Waals surface area (Å²) >= 11 is 0. The first-order chi connectivity index (χ1) is 5.91. The molecular weight excluding hydrogens is 150 g/mol. The van der Waals surface area contributed by atoms with E-state index in [0.717, 1.165) is 19.3 Å². The molecule has 0 atom stereocenters. The molecule has 0 unspecified atom stereocenters. The summed E-state index contributed by atoms with van der Waals surface area (Å²) in [5.74, 6) is 6.03. The van der Waals surface area contributed by atoms with Gasteiger partial charge < -0.3 is 4.84 Å². The summed E-state index contributed by atoms with van der Waals surface area (Å²) in [6.45, 7) is 3.76. The second kappa shape index (κ2) is 10.0. The molecule has 0 aromatic rings. The van der Waals surface area contributed by atoms with E-state index in [0.29, 0.717) is 6.42 Å². The Labute approximate surface area is 75.0 Å². The van der Waals surface area contributed by atoms with Crippen molar-refractivity contribution in [1.29, 1.82) is 0 Å². The van der Waals surface area contributed by atoms with E-state index < -0.39 is 0 Å². The maximum atomic E-state index is 4.48. The number of nitrogens with zero attached hydrogens (tertiary/aromatic N) is 1. The smallest absolute Gasteiger partial charge is 0.106 e. The molecule has 0 aromatic carbocycles. The second-order valence-electron chi connectivity index (χ2n) is 2.34. The molecule has 0 heterocycles. The van der Waals surface area contributed by atoms with Crippen LogP contribution in [0.15, 0.2) is 5.16 Å². The Morgan fingerprint density at radius 3 is 2.92 bits per heavy atom. The third-order valence-corrected chi connectivity index (χ3v) is 1.30. The zero-order valence-corrected chi connectivity index (χ0v) is 7.68. The van der Waals surface area contributed by atoms with Crippen LogP contribution in [0.5, 0.6) is 0 Å². The summed E-state index contributed by atoms with van der Waals surface area (Å²) in [7, 11) is 1.53. The zero-order chi connectivity index (χ0) is 9.07. The standard InChI is InChI=1S/C10H16NO/c1-3-4-5-6-7-8-9-10-11-12-2/h10H,1,3-6,9H2,2H3/b11-10+. The molecule has 0 aliphatic carbocycles. The van der Waals surface area contributed by atoms with E-state index >= 15 is 0 Å². The van der Waals surface area contributed by atoms with E-state index in [1.54, 1.807) is 6.21 Å². The fourth-order valence-corrected chi connectivity index (χ4v) is 0.708. The first-order valence-corrected chi connectivity index (χ1v) is 4.21. The van der Waals surface area contributed by atoms with Gasteiger partial charge in [-0.25, -0.2) is 0 Å². The first-order valence-electron chi connectivity index (χ1n) is 4.21. The Kier molecular flexibility index (Phi) is 9.22. The fraction of sp³-hybridized carbons (Fsp3) is 0.600. The molecule has 0 aliphatic rings. The fourth-order valence-electron chi connectivity index (χ4n) is 0.708. The summed E-state index contributed by atoms with van der Waals surface area (Å²) in [6, 6.07) is 0. The van der Waals surface area contributed by atoms with Gasteiger partial charge in [0.05, 0.1) is 6.21 Å². The third kappa shape index (κ3) is 9.03. The lowest BCUT2D eigenvalue weighted by Gasteiger charge is -1.87. The van der Waals surface area contributed by atoms with Gasteiger partial charge in [0.25, 0.3) is 0 Å². The molecular formula is C10H16NO. The number of hydrogen-bond acceptors (Lipinski definition) is 2. The molecule has 12 heavy (non-hydrogen) atoms. The quantitative estimate of drug-likeness (QED) is 0.266. The maximum absolute atomic E-state index is 4.48. The lowest BCUT2D eigenvalue weighted by atomic mass is 10.2. The minimum Gasteiger partial charge on any atom is -0.399 e. The second-order valence-corrected chi connectivity index (χ2v) is 2.34. The molecule has 0 bridgehead atoms. The molecule has 67 valence electrons. The van der Waals surface area contributed by atoms with E-state index in [9.17, 15) is 0 Å². The topological polar surface area (TPSA) is 21.6 Å². The molecule has 0 N–H and O–H groups in total. The molecule has 0 rings (SSSR count). The van der Waals surface area contributed by atoms with Crippen molar-refractivity contribution in [1.82, 2.24) is 0 Å². The Balaban J connectivity index is 3.17. The number of oxime groups is 1. The highest BCUT2D eigenvalue weighted by Gasteiger charge is 1.79. The Hall–Kier alpha value is -0.970. The Morgan fingerprint density at radius 2 is 2.25 bits per heavy atom. The van der Waals surface area contributed by atoms with E-state index in [1.165, 1.54) is 13.5 Å². The van der Waals surface area contributed by atoms with Gasteiger partial charge in [0.1, 0.15) is 7.11 Å². The van der Waals surface area contributed by atoms with E-state index in [-0.39, 0.29) is 0 Å².